The number of carbonyl (C=O) groups is 1. The van der Waals surface area contributed by atoms with Crippen LogP contribution in [0.4, 0.5) is 27.6 Å². The number of halogens is 5. The average Bonchev–Trinajstić information content (AvgIpc) is 2.69. The van der Waals surface area contributed by atoms with E-state index in [0.717, 1.165) is 12.1 Å². The largest absolute Gasteiger partial charge is 0.450 e. The van der Waals surface area contributed by atoms with Crippen molar-refractivity contribution in [1.29, 1.82) is 0 Å². The number of benzene rings is 2. The number of nitrogens with one attached hydrogen (secondary N) is 1. The van der Waals surface area contributed by atoms with Crippen molar-refractivity contribution in [2.75, 3.05) is 12.4 Å². The fourth-order valence-corrected chi connectivity index (χ4v) is 2.97. The van der Waals surface area contributed by atoms with Gasteiger partial charge < -0.3 is 10.5 Å². The van der Waals surface area contributed by atoms with E-state index in [-0.39, 0.29) is 11.3 Å². The Balaban J connectivity index is 2.01. The highest BCUT2D eigenvalue weighted by atomic mass is 19.4. The van der Waals surface area contributed by atoms with Gasteiger partial charge in [-0.15, -0.1) is 0 Å². The number of anilines is 1. The Morgan fingerprint density at radius 2 is 1.93 bits per heavy atom. The number of nitrogen functional groups attached to an aromatic ring is 1. The highest BCUT2D eigenvalue weighted by Crippen LogP contribution is 2.42. The molecule has 0 fully saturated rings. The molecule has 3 rings (SSSR count). The zero-order valence-electron chi connectivity index (χ0n) is 14.8. The number of alkyl halides is 4. The van der Waals surface area contributed by atoms with Crippen LogP contribution in [0.3, 0.4) is 0 Å². The lowest BCUT2D eigenvalue weighted by Crippen LogP contribution is -2.51. The average molecular weight is 413 g/mol. The molecule has 0 aliphatic carbocycles. The van der Waals surface area contributed by atoms with E-state index in [4.69, 9.17) is 10.5 Å². The fraction of sp³-hybridized carbons (Fsp3) is 0.263. The summed E-state index contributed by atoms with van der Waals surface area (Å²) >= 11 is 0. The third-order valence-electron chi connectivity index (χ3n) is 4.42. The maximum absolute atomic E-state index is 14.4. The molecule has 0 radical (unpaired) electrons. The van der Waals surface area contributed by atoms with Crippen LogP contribution in [0.25, 0.3) is 0 Å². The predicted molar refractivity (Wildman–Crippen MR) is 95.4 cm³/mol. The van der Waals surface area contributed by atoms with Gasteiger partial charge in [0.2, 0.25) is 0 Å². The van der Waals surface area contributed by atoms with E-state index in [1.165, 1.54) is 18.2 Å². The van der Waals surface area contributed by atoms with E-state index in [0.29, 0.717) is 0 Å². The van der Waals surface area contributed by atoms with Gasteiger partial charge in [-0.2, -0.15) is 13.2 Å². The van der Waals surface area contributed by atoms with E-state index in [2.05, 4.69) is 10.3 Å². The molecule has 1 aliphatic rings. The first kappa shape index (κ1) is 20.6. The topological polar surface area (TPSA) is 76.7 Å². The third-order valence-corrected chi connectivity index (χ3v) is 4.42. The molecular weight excluding hydrogens is 397 g/mol. The first-order valence-electron chi connectivity index (χ1n) is 8.46. The Labute approximate surface area is 162 Å². The lowest BCUT2D eigenvalue weighted by Gasteiger charge is -2.38. The molecule has 3 N–H and O–H groups in total. The van der Waals surface area contributed by atoms with Crippen LogP contribution in [-0.4, -0.2) is 30.8 Å². The summed E-state index contributed by atoms with van der Waals surface area (Å²) in [6.45, 7) is -1.50. The second-order valence-corrected chi connectivity index (χ2v) is 6.49. The second kappa shape index (κ2) is 7.69. The first-order chi connectivity index (χ1) is 13.6. The standard InChI is InChI=1S/C19H16F5N3O2/c20-10-18(13-8-12(25)6-7-14(13)21)9-15(19(22,23)24)26-17(29-18)27-16(28)11-4-2-1-3-5-11/h1-8,15H,9-10,25H2,(H,26,27,28)/t15-,18+/m0/s1. The van der Waals surface area contributed by atoms with Crippen molar-refractivity contribution in [2.24, 2.45) is 4.99 Å². The zero-order chi connectivity index (χ0) is 21.2. The van der Waals surface area contributed by atoms with Gasteiger partial charge in [0.15, 0.2) is 11.6 Å². The molecule has 0 unspecified atom stereocenters. The normalized spacial score (nSPS) is 21.8. The Bertz CT molecular complexity index is 933. The van der Waals surface area contributed by atoms with Crippen LogP contribution >= 0.6 is 0 Å². The molecule has 1 amide bonds. The van der Waals surface area contributed by atoms with E-state index in [9.17, 15) is 26.7 Å². The van der Waals surface area contributed by atoms with Gasteiger partial charge in [-0.3, -0.25) is 10.1 Å². The van der Waals surface area contributed by atoms with Gasteiger partial charge >= 0.3 is 6.18 Å². The summed E-state index contributed by atoms with van der Waals surface area (Å²) in [4.78, 5) is 15.6. The van der Waals surface area contributed by atoms with Gasteiger partial charge in [0.05, 0.1) is 0 Å². The minimum atomic E-state index is -4.87. The number of nitrogens with two attached hydrogens (primary N) is 1. The number of aliphatic imine (C=N–C) groups is 1. The highest BCUT2D eigenvalue weighted by Gasteiger charge is 2.52. The number of nitrogens with zero attached hydrogens (tertiary/aromatic N) is 1. The van der Waals surface area contributed by atoms with Crippen molar-refractivity contribution < 1.29 is 31.5 Å². The molecule has 0 saturated heterocycles. The van der Waals surface area contributed by atoms with Crippen molar-refractivity contribution in [2.45, 2.75) is 24.2 Å². The molecule has 29 heavy (non-hydrogen) atoms. The molecule has 5 nitrogen and oxygen atoms in total. The van der Waals surface area contributed by atoms with Crippen LogP contribution in [0.5, 0.6) is 0 Å². The smallest absolute Gasteiger partial charge is 0.411 e. The van der Waals surface area contributed by atoms with Gasteiger partial charge in [0.25, 0.3) is 11.9 Å². The molecule has 1 heterocycles. The SMILES string of the molecule is Nc1ccc(F)c([C@]2(CF)C[C@@H](C(F)(F)F)N=C(NC(=O)c3ccccc3)O2)c1. The number of hydrogen-bond donors (Lipinski definition) is 2. The molecule has 154 valence electrons. The van der Waals surface area contributed by atoms with Gasteiger partial charge in [-0.25, -0.2) is 13.8 Å². The van der Waals surface area contributed by atoms with Crippen LogP contribution < -0.4 is 11.1 Å². The molecule has 1 aliphatic heterocycles. The summed E-state index contributed by atoms with van der Waals surface area (Å²) in [5.41, 5.74) is 2.87. The maximum Gasteiger partial charge on any atom is 0.411 e. The van der Waals surface area contributed by atoms with Crippen molar-refractivity contribution in [1.82, 2.24) is 5.32 Å². The quantitative estimate of drug-likeness (QED) is 0.595. The molecule has 0 bridgehead atoms. The number of amides is 1. The lowest BCUT2D eigenvalue weighted by molar-refractivity contribution is -0.167. The van der Waals surface area contributed by atoms with Gasteiger partial charge in [0, 0.05) is 23.2 Å². The number of carbonyl (C=O) groups excluding carboxylic acids is 1. The monoisotopic (exact) mass is 413 g/mol. The molecule has 2 aromatic carbocycles. The fourth-order valence-electron chi connectivity index (χ4n) is 2.97. The van der Waals surface area contributed by atoms with E-state index >= 15 is 0 Å². The van der Waals surface area contributed by atoms with Crippen molar-refractivity contribution in [3.8, 4) is 0 Å². The molecule has 0 spiro atoms. The van der Waals surface area contributed by atoms with Crippen LogP contribution in [0, 0.1) is 5.82 Å². The van der Waals surface area contributed by atoms with Crippen molar-refractivity contribution in [3.63, 3.8) is 0 Å². The Hall–Kier alpha value is -3.17. The van der Waals surface area contributed by atoms with Crippen LogP contribution in [0.2, 0.25) is 0 Å². The zero-order valence-corrected chi connectivity index (χ0v) is 14.8. The van der Waals surface area contributed by atoms with E-state index in [1.54, 1.807) is 18.2 Å². The predicted octanol–water partition coefficient (Wildman–Crippen LogP) is 3.71. The minimum Gasteiger partial charge on any atom is -0.450 e. The van der Waals surface area contributed by atoms with Crippen molar-refractivity contribution >= 4 is 17.6 Å². The molecule has 2 aromatic rings. The molecular formula is C19H16F5N3O2. The molecule has 0 saturated carbocycles. The number of amidine groups is 1. The Kier molecular flexibility index (Phi) is 5.45. The highest BCUT2D eigenvalue weighted by molar-refractivity contribution is 6.04. The summed E-state index contributed by atoms with van der Waals surface area (Å²) < 4.78 is 74.0. The molecule has 0 aromatic heterocycles. The van der Waals surface area contributed by atoms with E-state index in [1.807, 2.05) is 0 Å². The first-order valence-corrected chi connectivity index (χ1v) is 8.46. The van der Waals surface area contributed by atoms with Crippen molar-refractivity contribution in [3.05, 3.63) is 65.5 Å². The van der Waals surface area contributed by atoms with Crippen LogP contribution in [-0.2, 0) is 10.3 Å². The van der Waals surface area contributed by atoms with Crippen LogP contribution in [0.15, 0.2) is 53.5 Å². The van der Waals surface area contributed by atoms with E-state index < -0.39 is 54.2 Å². The Morgan fingerprint density at radius 3 is 2.55 bits per heavy atom. The minimum absolute atomic E-state index is 0.0127. The van der Waals surface area contributed by atoms with Gasteiger partial charge in [-0.1, -0.05) is 18.2 Å². The lowest BCUT2D eigenvalue weighted by atomic mass is 9.86. The number of hydrogen-bond acceptors (Lipinski definition) is 4. The second-order valence-electron chi connectivity index (χ2n) is 6.49. The van der Waals surface area contributed by atoms with Gasteiger partial charge in [-0.05, 0) is 30.3 Å². The Morgan fingerprint density at radius 1 is 1.24 bits per heavy atom. The summed E-state index contributed by atoms with van der Waals surface area (Å²) in [7, 11) is 0. The van der Waals surface area contributed by atoms with Crippen LogP contribution in [0.1, 0.15) is 22.3 Å². The molecule has 2 atom stereocenters. The summed E-state index contributed by atoms with van der Waals surface area (Å²) in [5, 5.41) is 2.10. The van der Waals surface area contributed by atoms with Gasteiger partial charge in [0.1, 0.15) is 12.5 Å². The third kappa shape index (κ3) is 4.30. The molecule has 10 heteroatoms. The number of ether oxygens (including phenoxy) is 1. The number of rotatable bonds is 3. The maximum atomic E-state index is 14.4. The summed E-state index contributed by atoms with van der Waals surface area (Å²) in [6, 6.07) is 7.39. The summed E-state index contributed by atoms with van der Waals surface area (Å²) in [5.74, 6) is -1.80. The summed E-state index contributed by atoms with van der Waals surface area (Å²) in [6.07, 6.45) is -5.89.